The van der Waals surface area contributed by atoms with Gasteiger partial charge in [-0.3, -0.25) is 4.79 Å². The van der Waals surface area contributed by atoms with Gasteiger partial charge in [-0.1, -0.05) is 11.6 Å². The average molecular weight is 349 g/mol. The smallest absolute Gasteiger partial charge is 0.321 e. The molecule has 0 bridgehead atoms. The summed E-state index contributed by atoms with van der Waals surface area (Å²) in [6, 6.07) is 9.57. The zero-order valence-corrected chi connectivity index (χ0v) is 13.7. The molecule has 1 unspecified atom stereocenters. The molecule has 0 saturated carbocycles. The molecule has 1 aliphatic heterocycles. The number of hydrogen-bond donors (Lipinski definition) is 1. The van der Waals surface area contributed by atoms with Gasteiger partial charge in [-0.05, 0) is 37.1 Å². The Kier molecular flexibility index (Phi) is 5.17. The van der Waals surface area contributed by atoms with Crippen LogP contribution >= 0.6 is 11.6 Å². The van der Waals surface area contributed by atoms with Gasteiger partial charge < -0.3 is 20.0 Å². The van der Waals surface area contributed by atoms with Crippen LogP contribution in [-0.4, -0.2) is 25.2 Å². The molecule has 2 heterocycles. The minimum absolute atomic E-state index is 0.0115. The molecule has 1 amide bonds. The average Bonchev–Trinajstić information content (AvgIpc) is 3.08. The quantitative estimate of drug-likeness (QED) is 0.666. The van der Waals surface area contributed by atoms with Crippen molar-refractivity contribution in [2.75, 3.05) is 18.5 Å². The first-order valence-electron chi connectivity index (χ1n) is 7.67. The van der Waals surface area contributed by atoms with Crippen LogP contribution in [0.15, 0.2) is 42.6 Å². The van der Waals surface area contributed by atoms with E-state index in [0.717, 1.165) is 19.4 Å². The molecular weight excluding hydrogens is 332 g/mol. The van der Waals surface area contributed by atoms with Crippen LogP contribution in [0.1, 0.15) is 23.3 Å². The molecule has 0 radical (unpaired) electrons. The lowest BCUT2D eigenvalue weighted by molar-refractivity contribution is -0.607. The summed E-state index contributed by atoms with van der Waals surface area (Å²) in [6.45, 7) is 1.15. The highest BCUT2D eigenvalue weighted by molar-refractivity contribution is 6.31. The molecule has 1 fully saturated rings. The number of halogens is 1. The van der Waals surface area contributed by atoms with Crippen molar-refractivity contribution in [1.29, 1.82) is 0 Å². The number of aromatic nitrogens is 1. The van der Waals surface area contributed by atoms with E-state index in [1.165, 1.54) is 12.3 Å². The van der Waals surface area contributed by atoms with Crippen LogP contribution in [0.5, 0.6) is 5.75 Å². The molecule has 7 heteroatoms. The Bertz CT molecular complexity index is 732. The number of carbonyl (C=O) groups excluding carboxylic acids is 1. The van der Waals surface area contributed by atoms with E-state index in [1.807, 2.05) is 0 Å². The van der Waals surface area contributed by atoms with Crippen LogP contribution in [-0.2, 0) is 4.74 Å². The monoisotopic (exact) mass is 348 g/mol. The zero-order chi connectivity index (χ0) is 16.9. The number of ether oxygens (including phenoxy) is 2. The highest BCUT2D eigenvalue weighted by atomic mass is 35.5. The molecule has 2 aromatic rings. The number of hydrogen-bond acceptors (Lipinski definition) is 4. The van der Waals surface area contributed by atoms with Crippen LogP contribution in [0.25, 0.3) is 0 Å². The van der Waals surface area contributed by atoms with E-state index < -0.39 is 5.91 Å². The van der Waals surface area contributed by atoms with E-state index in [9.17, 15) is 10.0 Å². The Morgan fingerprint density at radius 3 is 3.04 bits per heavy atom. The molecule has 1 aromatic carbocycles. The van der Waals surface area contributed by atoms with Crippen LogP contribution in [0, 0.1) is 5.21 Å². The summed E-state index contributed by atoms with van der Waals surface area (Å²) in [5, 5.41) is 14.8. The Hall–Kier alpha value is -2.31. The molecule has 0 spiro atoms. The second-order valence-electron chi connectivity index (χ2n) is 5.45. The number of nitrogens with zero attached hydrogens (tertiary/aromatic N) is 1. The van der Waals surface area contributed by atoms with Crippen molar-refractivity contribution in [1.82, 2.24) is 0 Å². The molecule has 1 N–H and O–H groups in total. The van der Waals surface area contributed by atoms with Gasteiger partial charge in [-0.2, -0.15) is 4.73 Å². The molecule has 1 aliphatic rings. The Morgan fingerprint density at radius 2 is 2.29 bits per heavy atom. The second kappa shape index (κ2) is 7.51. The van der Waals surface area contributed by atoms with Gasteiger partial charge in [0.15, 0.2) is 6.20 Å². The summed E-state index contributed by atoms with van der Waals surface area (Å²) in [5.41, 5.74) is 0.400. The van der Waals surface area contributed by atoms with Crippen LogP contribution in [0.4, 0.5) is 5.69 Å². The lowest BCUT2D eigenvalue weighted by atomic mass is 10.2. The Morgan fingerprint density at radius 1 is 1.42 bits per heavy atom. The Balaban J connectivity index is 1.75. The van der Waals surface area contributed by atoms with Crippen LogP contribution in [0.2, 0.25) is 5.02 Å². The van der Waals surface area contributed by atoms with Gasteiger partial charge in [0.1, 0.15) is 12.4 Å². The van der Waals surface area contributed by atoms with Gasteiger partial charge in [-0.15, -0.1) is 0 Å². The summed E-state index contributed by atoms with van der Waals surface area (Å²) in [7, 11) is 0. The maximum atomic E-state index is 12.3. The summed E-state index contributed by atoms with van der Waals surface area (Å²) in [6.07, 6.45) is 3.30. The summed E-state index contributed by atoms with van der Waals surface area (Å²) < 4.78 is 11.8. The normalized spacial score (nSPS) is 16.8. The van der Waals surface area contributed by atoms with Crippen molar-refractivity contribution >= 4 is 23.2 Å². The highest BCUT2D eigenvalue weighted by Crippen LogP contribution is 2.29. The number of amides is 1. The maximum absolute atomic E-state index is 12.3. The summed E-state index contributed by atoms with van der Waals surface area (Å²) in [5.74, 6) is -0.0496. The predicted octanol–water partition coefficient (Wildman–Crippen LogP) is 2.78. The van der Waals surface area contributed by atoms with E-state index in [4.69, 9.17) is 21.1 Å². The van der Waals surface area contributed by atoms with E-state index in [2.05, 4.69) is 5.32 Å². The molecule has 0 aliphatic carbocycles. The topological polar surface area (TPSA) is 74.5 Å². The predicted molar refractivity (Wildman–Crippen MR) is 89.3 cm³/mol. The van der Waals surface area contributed by atoms with Crippen molar-refractivity contribution in [3.63, 3.8) is 0 Å². The number of benzene rings is 1. The van der Waals surface area contributed by atoms with Gasteiger partial charge in [0.25, 0.3) is 5.69 Å². The second-order valence-corrected chi connectivity index (χ2v) is 5.89. The van der Waals surface area contributed by atoms with Gasteiger partial charge in [0, 0.05) is 23.8 Å². The van der Waals surface area contributed by atoms with E-state index in [-0.39, 0.29) is 11.8 Å². The van der Waals surface area contributed by atoms with E-state index >= 15 is 0 Å². The first-order valence-corrected chi connectivity index (χ1v) is 8.05. The van der Waals surface area contributed by atoms with Crippen molar-refractivity contribution in [3.05, 3.63) is 58.5 Å². The molecule has 6 nitrogen and oxygen atoms in total. The standard InChI is InChI=1S/C17H17ClN2O4/c18-12-6-7-16(24-11-13-4-3-9-23-13)14(10-12)19-17(21)15-5-1-2-8-20(15)22/h1-2,5-8,10,13H,3-4,9,11H2,(H,19,21). The van der Waals surface area contributed by atoms with Gasteiger partial charge in [0.05, 0.1) is 11.8 Å². The molecule has 1 atom stereocenters. The third-order valence-electron chi connectivity index (χ3n) is 3.70. The lowest BCUT2D eigenvalue weighted by Gasteiger charge is -2.15. The van der Waals surface area contributed by atoms with Gasteiger partial charge >= 0.3 is 5.91 Å². The van der Waals surface area contributed by atoms with Crippen molar-refractivity contribution in [2.45, 2.75) is 18.9 Å². The van der Waals surface area contributed by atoms with Crippen molar-refractivity contribution < 1.29 is 19.0 Å². The fraction of sp³-hybridized carbons (Fsp3) is 0.294. The summed E-state index contributed by atoms with van der Waals surface area (Å²) >= 11 is 6.01. The fourth-order valence-corrected chi connectivity index (χ4v) is 2.65. The number of pyridine rings is 1. The van der Waals surface area contributed by atoms with Gasteiger partial charge in [0.2, 0.25) is 0 Å². The highest BCUT2D eigenvalue weighted by Gasteiger charge is 2.19. The molecular formula is C17H17ClN2O4. The third kappa shape index (κ3) is 3.96. The number of nitrogens with one attached hydrogen (secondary N) is 1. The molecule has 126 valence electrons. The fourth-order valence-electron chi connectivity index (χ4n) is 2.47. The lowest BCUT2D eigenvalue weighted by Crippen LogP contribution is -2.36. The maximum Gasteiger partial charge on any atom is 0.321 e. The Labute approximate surface area is 144 Å². The van der Waals surface area contributed by atoms with Crippen molar-refractivity contribution in [2.24, 2.45) is 0 Å². The first kappa shape index (κ1) is 16.5. The third-order valence-corrected chi connectivity index (χ3v) is 3.93. The van der Waals surface area contributed by atoms with E-state index in [0.29, 0.717) is 27.8 Å². The molecule has 1 aromatic heterocycles. The summed E-state index contributed by atoms with van der Waals surface area (Å²) in [4.78, 5) is 12.3. The largest absolute Gasteiger partial charge is 0.618 e. The zero-order valence-electron chi connectivity index (χ0n) is 12.9. The van der Waals surface area contributed by atoms with Crippen LogP contribution in [0.3, 0.4) is 0 Å². The van der Waals surface area contributed by atoms with Gasteiger partial charge in [-0.25, -0.2) is 0 Å². The number of carbonyl (C=O) groups is 1. The number of anilines is 1. The SMILES string of the molecule is O=C(Nc1cc(Cl)ccc1OCC1CCCO1)c1cccc[n+]1[O-]. The van der Waals surface area contributed by atoms with Crippen LogP contribution < -0.4 is 14.8 Å². The first-order chi connectivity index (χ1) is 11.6. The molecule has 3 rings (SSSR count). The van der Waals surface area contributed by atoms with Crippen molar-refractivity contribution in [3.8, 4) is 5.75 Å². The molecule has 24 heavy (non-hydrogen) atoms. The molecule has 1 saturated heterocycles. The minimum Gasteiger partial charge on any atom is -0.618 e. The number of rotatable bonds is 5. The van der Waals surface area contributed by atoms with E-state index in [1.54, 1.807) is 30.3 Å². The minimum atomic E-state index is -0.533.